The molecule has 3 aromatic rings. The van der Waals surface area contributed by atoms with Crippen molar-refractivity contribution >= 4 is 28.9 Å². The van der Waals surface area contributed by atoms with Crippen LogP contribution in [0.3, 0.4) is 0 Å². The number of furan rings is 1. The normalized spacial score (nSPS) is 14.8. The van der Waals surface area contributed by atoms with Crippen LogP contribution in [0.5, 0.6) is 0 Å². The van der Waals surface area contributed by atoms with Gasteiger partial charge in [0.15, 0.2) is 0 Å². The largest absolute Gasteiger partial charge is 0.459 e. The van der Waals surface area contributed by atoms with Crippen molar-refractivity contribution < 1.29 is 14.1 Å². The van der Waals surface area contributed by atoms with Crippen LogP contribution in [0.4, 0.5) is 11.4 Å². The standard InChI is InChI=1S/C23H22ClN3O4/c1-15(16-4-2-5-18(12-16)26-11-3-6-23(26)28)25-14-19-8-10-22(31-19)20-9-7-17(24)13-21(20)27(29)30/h2,4-5,7-10,12-13,15,25H,3,6,11,14H2,1H3. The quantitative estimate of drug-likeness (QED) is 0.388. The number of carbonyl (C=O) groups is 1. The number of nitrogens with one attached hydrogen (secondary N) is 1. The molecule has 1 fully saturated rings. The maximum Gasteiger partial charge on any atom is 0.281 e. The summed E-state index contributed by atoms with van der Waals surface area (Å²) in [6.07, 6.45) is 1.49. The summed E-state index contributed by atoms with van der Waals surface area (Å²) < 4.78 is 5.84. The van der Waals surface area contributed by atoms with Crippen LogP contribution in [0.15, 0.2) is 59.0 Å². The Morgan fingerprint density at radius 3 is 2.81 bits per heavy atom. The van der Waals surface area contributed by atoms with Gasteiger partial charge in [-0.05, 0) is 55.3 Å². The molecule has 0 spiro atoms. The zero-order valence-corrected chi connectivity index (χ0v) is 17.8. The zero-order chi connectivity index (χ0) is 22.0. The average molecular weight is 440 g/mol. The minimum Gasteiger partial charge on any atom is -0.459 e. The van der Waals surface area contributed by atoms with Crippen molar-refractivity contribution in [3.63, 3.8) is 0 Å². The maximum atomic E-state index is 12.0. The van der Waals surface area contributed by atoms with E-state index in [1.165, 1.54) is 6.07 Å². The van der Waals surface area contributed by atoms with Crippen molar-refractivity contribution in [1.82, 2.24) is 5.32 Å². The second kappa shape index (κ2) is 8.91. The monoisotopic (exact) mass is 439 g/mol. The highest BCUT2D eigenvalue weighted by Gasteiger charge is 2.22. The van der Waals surface area contributed by atoms with Crippen LogP contribution in [-0.4, -0.2) is 17.4 Å². The highest BCUT2D eigenvalue weighted by molar-refractivity contribution is 6.30. The molecule has 8 heteroatoms. The summed E-state index contributed by atoms with van der Waals surface area (Å²) in [5, 5.41) is 15.0. The van der Waals surface area contributed by atoms with Crippen LogP contribution in [0, 0.1) is 10.1 Å². The van der Waals surface area contributed by atoms with Crippen molar-refractivity contribution in [3.8, 4) is 11.3 Å². The van der Waals surface area contributed by atoms with Gasteiger partial charge in [0.2, 0.25) is 5.91 Å². The van der Waals surface area contributed by atoms with Crippen molar-refractivity contribution in [2.75, 3.05) is 11.4 Å². The first-order chi connectivity index (χ1) is 14.9. The third-order valence-corrected chi connectivity index (χ3v) is 5.66. The van der Waals surface area contributed by atoms with E-state index >= 15 is 0 Å². The molecule has 31 heavy (non-hydrogen) atoms. The summed E-state index contributed by atoms with van der Waals surface area (Å²) in [6.45, 7) is 3.25. The Morgan fingerprint density at radius 1 is 1.23 bits per heavy atom. The summed E-state index contributed by atoms with van der Waals surface area (Å²) in [4.78, 5) is 24.7. The van der Waals surface area contributed by atoms with E-state index in [-0.39, 0.29) is 17.6 Å². The van der Waals surface area contributed by atoms with Crippen LogP contribution in [0.25, 0.3) is 11.3 Å². The molecule has 0 aliphatic carbocycles. The van der Waals surface area contributed by atoms with Gasteiger partial charge in [-0.3, -0.25) is 14.9 Å². The molecule has 1 N–H and O–H groups in total. The minimum absolute atomic E-state index is 0.0241. The number of nitro groups is 1. The number of anilines is 1. The van der Waals surface area contributed by atoms with Crippen molar-refractivity contribution in [3.05, 3.63) is 81.1 Å². The molecule has 1 unspecified atom stereocenters. The molecule has 0 bridgehead atoms. The molecular weight excluding hydrogens is 418 g/mol. The van der Waals surface area contributed by atoms with E-state index in [1.54, 1.807) is 24.3 Å². The topological polar surface area (TPSA) is 88.6 Å². The smallest absolute Gasteiger partial charge is 0.281 e. The Balaban J connectivity index is 1.45. The average Bonchev–Trinajstić information content (AvgIpc) is 3.41. The first kappa shape index (κ1) is 21.1. The van der Waals surface area contributed by atoms with Crippen LogP contribution in [0.1, 0.15) is 37.1 Å². The summed E-state index contributed by atoms with van der Waals surface area (Å²) in [6, 6.07) is 16.0. The Morgan fingerprint density at radius 2 is 2.06 bits per heavy atom. The lowest BCUT2D eigenvalue weighted by Gasteiger charge is -2.19. The minimum atomic E-state index is -0.470. The van der Waals surface area contributed by atoms with E-state index < -0.39 is 4.92 Å². The first-order valence-electron chi connectivity index (χ1n) is 10.1. The summed E-state index contributed by atoms with van der Waals surface area (Å²) >= 11 is 5.89. The fourth-order valence-electron chi connectivity index (χ4n) is 3.74. The Bertz CT molecular complexity index is 1130. The highest BCUT2D eigenvalue weighted by Crippen LogP contribution is 2.33. The number of hydrogen-bond donors (Lipinski definition) is 1. The highest BCUT2D eigenvalue weighted by atomic mass is 35.5. The van der Waals surface area contributed by atoms with Crippen LogP contribution in [0.2, 0.25) is 5.02 Å². The lowest BCUT2D eigenvalue weighted by Crippen LogP contribution is -2.24. The van der Waals surface area contributed by atoms with Crippen molar-refractivity contribution in [2.24, 2.45) is 0 Å². The predicted molar refractivity (Wildman–Crippen MR) is 119 cm³/mol. The lowest BCUT2D eigenvalue weighted by atomic mass is 10.1. The first-order valence-corrected chi connectivity index (χ1v) is 10.5. The molecule has 4 rings (SSSR count). The number of benzene rings is 2. The number of nitro benzene ring substituents is 1. The van der Waals surface area contributed by atoms with E-state index in [0.29, 0.717) is 35.1 Å². The van der Waals surface area contributed by atoms with E-state index in [4.69, 9.17) is 16.0 Å². The lowest BCUT2D eigenvalue weighted by molar-refractivity contribution is -0.384. The number of rotatable bonds is 7. The van der Waals surface area contributed by atoms with Gasteiger partial charge in [0.1, 0.15) is 11.5 Å². The van der Waals surface area contributed by atoms with Crippen LogP contribution in [-0.2, 0) is 11.3 Å². The number of nitrogens with zero attached hydrogens (tertiary/aromatic N) is 2. The number of hydrogen-bond acceptors (Lipinski definition) is 5. The number of halogens is 1. The fraction of sp³-hybridized carbons (Fsp3) is 0.261. The van der Waals surface area contributed by atoms with Gasteiger partial charge in [-0.15, -0.1) is 0 Å². The van der Waals surface area contributed by atoms with Gasteiger partial charge in [-0.1, -0.05) is 23.7 Å². The molecule has 2 aromatic carbocycles. The molecule has 1 aliphatic rings. The van der Waals surface area contributed by atoms with E-state index in [0.717, 1.165) is 24.2 Å². The van der Waals surface area contributed by atoms with Crippen LogP contribution >= 0.6 is 11.6 Å². The molecule has 2 heterocycles. The molecule has 1 atom stereocenters. The second-order valence-electron chi connectivity index (χ2n) is 7.53. The third kappa shape index (κ3) is 4.62. The van der Waals surface area contributed by atoms with Gasteiger partial charge in [0.25, 0.3) is 5.69 Å². The van der Waals surface area contributed by atoms with E-state index in [2.05, 4.69) is 5.32 Å². The molecule has 1 amide bonds. The molecule has 160 valence electrons. The van der Waals surface area contributed by atoms with Crippen molar-refractivity contribution in [2.45, 2.75) is 32.4 Å². The number of amides is 1. The predicted octanol–water partition coefficient (Wildman–Crippen LogP) is 5.49. The zero-order valence-electron chi connectivity index (χ0n) is 17.0. The van der Waals surface area contributed by atoms with Gasteiger partial charge >= 0.3 is 0 Å². The fourth-order valence-corrected chi connectivity index (χ4v) is 3.90. The van der Waals surface area contributed by atoms with E-state index in [9.17, 15) is 14.9 Å². The Kier molecular flexibility index (Phi) is 6.06. The Hall–Kier alpha value is -3.16. The third-order valence-electron chi connectivity index (χ3n) is 5.42. The maximum absolute atomic E-state index is 12.0. The van der Waals surface area contributed by atoms with Gasteiger partial charge in [0.05, 0.1) is 17.0 Å². The number of carbonyl (C=O) groups excluding carboxylic acids is 1. The molecule has 1 aliphatic heterocycles. The summed E-state index contributed by atoms with van der Waals surface area (Å²) in [7, 11) is 0. The second-order valence-corrected chi connectivity index (χ2v) is 7.97. The van der Waals surface area contributed by atoms with E-state index in [1.807, 2.05) is 36.1 Å². The SMILES string of the molecule is CC(NCc1ccc(-c2ccc(Cl)cc2[N+](=O)[O-])o1)c1cccc(N2CCCC2=O)c1. The molecule has 0 saturated carbocycles. The molecular formula is C23H22ClN3O4. The summed E-state index contributed by atoms with van der Waals surface area (Å²) in [5.41, 5.74) is 2.28. The molecule has 1 aromatic heterocycles. The Labute approximate surface area is 184 Å². The molecule has 1 saturated heterocycles. The van der Waals surface area contributed by atoms with Gasteiger partial charge < -0.3 is 14.6 Å². The van der Waals surface area contributed by atoms with Crippen molar-refractivity contribution in [1.29, 1.82) is 0 Å². The molecule has 7 nitrogen and oxygen atoms in total. The van der Waals surface area contributed by atoms with Crippen LogP contribution < -0.4 is 10.2 Å². The van der Waals surface area contributed by atoms with Gasteiger partial charge in [0, 0.05) is 35.8 Å². The molecule has 0 radical (unpaired) electrons. The van der Waals surface area contributed by atoms with Gasteiger partial charge in [-0.2, -0.15) is 0 Å². The van der Waals surface area contributed by atoms with Gasteiger partial charge in [-0.25, -0.2) is 0 Å². The summed E-state index contributed by atoms with van der Waals surface area (Å²) in [5.74, 6) is 1.25.